The van der Waals surface area contributed by atoms with Crippen LogP contribution in [0.5, 0.6) is 0 Å². The van der Waals surface area contributed by atoms with E-state index < -0.39 is 11.9 Å². The maximum atomic E-state index is 12.0. The Morgan fingerprint density at radius 1 is 1.12 bits per heavy atom. The minimum atomic E-state index is -1.41. The molecule has 0 unspecified atom stereocenters. The zero-order valence-corrected chi connectivity index (χ0v) is 17.2. The van der Waals surface area contributed by atoms with Crippen molar-refractivity contribution in [3.05, 3.63) is 69.8 Å². The van der Waals surface area contributed by atoms with Crippen LogP contribution in [0.4, 0.5) is 5.69 Å². The predicted octanol–water partition coefficient (Wildman–Crippen LogP) is 0.494. The minimum absolute atomic E-state index is 0. The van der Waals surface area contributed by atoms with Crippen molar-refractivity contribution in [2.75, 3.05) is 5.32 Å². The normalized spacial score (nSPS) is 10.7. The predicted molar refractivity (Wildman–Crippen MR) is 96.8 cm³/mol. The molecule has 0 atom stereocenters. The molecule has 1 amide bonds. The molecule has 2 aromatic carbocycles. The molecule has 0 aliphatic carbocycles. The summed E-state index contributed by atoms with van der Waals surface area (Å²) in [5, 5.41) is 15.1. The number of benzene rings is 2. The molecule has 5 nitrogen and oxygen atoms in total. The molecule has 3 rings (SSSR count). The first-order valence-electron chi connectivity index (χ1n) is 7.22. The van der Waals surface area contributed by atoms with E-state index in [2.05, 4.69) is 10.3 Å². The summed E-state index contributed by atoms with van der Waals surface area (Å²) in [4.78, 5) is 26.1. The van der Waals surface area contributed by atoms with Gasteiger partial charge in [0.25, 0.3) is 0 Å². The van der Waals surface area contributed by atoms with Crippen molar-refractivity contribution >= 4 is 57.7 Å². The summed E-state index contributed by atoms with van der Waals surface area (Å²) in [6.07, 6.45) is 2.61. The summed E-state index contributed by atoms with van der Waals surface area (Å²) in [6, 6.07) is 11.9. The molecule has 0 fully saturated rings. The number of hydrogen-bond acceptors (Lipinski definition) is 3. The van der Waals surface area contributed by atoms with Gasteiger partial charge in [0, 0.05) is 33.3 Å². The Balaban J connectivity index is 0.00000243. The van der Waals surface area contributed by atoms with Gasteiger partial charge in [-0.25, -0.2) is 0 Å². The van der Waals surface area contributed by atoms with Crippen LogP contribution in [0, 0.1) is 0 Å². The van der Waals surface area contributed by atoms with Crippen molar-refractivity contribution in [1.82, 2.24) is 4.98 Å². The molecule has 0 aliphatic heterocycles. The molecular formula is C18H11Cl2N2NaO3. The zero-order valence-electron chi connectivity index (χ0n) is 13.7. The number of nitrogens with one attached hydrogen (secondary N) is 2. The van der Waals surface area contributed by atoms with E-state index in [-0.39, 0.29) is 45.8 Å². The third-order valence-corrected chi connectivity index (χ3v) is 4.02. The smallest absolute Gasteiger partial charge is 0.543 e. The van der Waals surface area contributed by atoms with E-state index in [1.807, 2.05) is 6.07 Å². The number of halogens is 2. The van der Waals surface area contributed by atoms with Gasteiger partial charge in [0.2, 0.25) is 5.91 Å². The van der Waals surface area contributed by atoms with Crippen molar-refractivity contribution in [3.8, 4) is 0 Å². The van der Waals surface area contributed by atoms with E-state index in [9.17, 15) is 14.7 Å². The number of aromatic carboxylic acids is 1. The third-order valence-electron chi connectivity index (χ3n) is 3.50. The first-order chi connectivity index (χ1) is 12.0. The number of carbonyl (C=O) groups is 2. The Kier molecular flexibility index (Phi) is 6.92. The molecule has 8 heteroatoms. The van der Waals surface area contributed by atoms with Crippen LogP contribution in [-0.4, -0.2) is 16.9 Å². The monoisotopic (exact) mass is 396 g/mol. The summed E-state index contributed by atoms with van der Waals surface area (Å²) in [5.74, 6) is -1.82. The van der Waals surface area contributed by atoms with E-state index in [1.54, 1.807) is 30.3 Å². The van der Waals surface area contributed by atoms with Crippen molar-refractivity contribution in [2.45, 2.75) is 0 Å². The summed E-state index contributed by atoms with van der Waals surface area (Å²) < 4.78 is 0. The Morgan fingerprint density at radius 2 is 1.81 bits per heavy atom. The van der Waals surface area contributed by atoms with E-state index in [0.717, 1.165) is 0 Å². The first kappa shape index (κ1) is 20.6. The molecule has 0 bridgehead atoms. The largest absolute Gasteiger partial charge is 1.00 e. The fourth-order valence-electron chi connectivity index (χ4n) is 2.47. The molecular weight excluding hydrogens is 386 g/mol. The van der Waals surface area contributed by atoms with Crippen LogP contribution in [0.2, 0.25) is 10.0 Å². The van der Waals surface area contributed by atoms with Gasteiger partial charge in [0.1, 0.15) is 0 Å². The molecule has 2 N–H and O–H groups in total. The van der Waals surface area contributed by atoms with Crippen LogP contribution in [0.15, 0.2) is 48.5 Å². The topological polar surface area (TPSA) is 85.0 Å². The summed E-state index contributed by atoms with van der Waals surface area (Å²) >= 11 is 12.1. The average Bonchev–Trinajstić information content (AvgIpc) is 2.93. The number of para-hydroxylation sites is 1. The molecule has 0 aliphatic rings. The molecule has 26 heavy (non-hydrogen) atoms. The second-order valence-electron chi connectivity index (χ2n) is 5.20. The van der Waals surface area contributed by atoms with E-state index in [0.29, 0.717) is 21.6 Å². The molecule has 1 heterocycles. The molecule has 3 aromatic rings. The number of hydrogen-bond donors (Lipinski definition) is 2. The third kappa shape index (κ3) is 4.50. The number of carboxylic acids is 1. The average molecular weight is 397 g/mol. The van der Waals surface area contributed by atoms with Gasteiger partial charge in [-0.2, -0.15) is 0 Å². The van der Waals surface area contributed by atoms with Crippen LogP contribution < -0.4 is 40.0 Å². The van der Waals surface area contributed by atoms with Gasteiger partial charge < -0.3 is 20.2 Å². The summed E-state index contributed by atoms with van der Waals surface area (Å²) in [6.45, 7) is 0. The Hall–Kier alpha value is -1.76. The Bertz CT molecular complexity index is 1000. The molecule has 126 valence electrons. The molecule has 0 spiro atoms. The zero-order chi connectivity index (χ0) is 18.0. The van der Waals surface area contributed by atoms with E-state index in [1.165, 1.54) is 18.2 Å². The number of rotatable bonds is 4. The maximum absolute atomic E-state index is 12.0. The Morgan fingerprint density at radius 3 is 2.46 bits per heavy atom. The summed E-state index contributed by atoms with van der Waals surface area (Å²) in [7, 11) is 0. The quantitative estimate of drug-likeness (QED) is 0.497. The number of aromatic amines is 1. The van der Waals surface area contributed by atoms with Crippen LogP contribution in [0.3, 0.4) is 0 Å². The van der Waals surface area contributed by atoms with Gasteiger partial charge >= 0.3 is 29.6 Å². The van der Waals surface area contributed by atoms with Gasteiger partial charge in [0.15, 0.2) is 0 Å². The van der Waals surface area contributed by atoms with Crippen LogP contribution >= 0.6 is 23.2 Å². The fourth-order valence-corrected chi connectivity index (χ4v) is 3.06. The van der Waals surface area contributed by atoms with Gasteiger partial charge in [-0.1, -0.05) is 41.4 Å². The van der Waals surface area contributed by atoms with Gasteiger partial charge in [-0.3, -0.25) is 4.79 Å². The van der Waals surface area contributed by atoms with Crippen LogP contribution in [0.1, 0.15) is 16.1 Å². The van der Waals surface area contributed by atoms with Gasteiger partial charge in [-0.15, -0.1) is 0 Å². The van der Waals surface area contributed by atoms with E-state index in [4.69, 9.17) is 23.2 Å². The number of amides is 1. The number of H-pyrrole nitrogens is 1. The fraction of sp³-hybridized carbons (Fsp3) is 0. The van der Waals surface area contributed by atoms with Crippen molar-refractivity contribution in [1.29, 1.82) is 0 Å². The number of anilines is 1. The molecule has 0 saturated carbocycles. The van der Waals surface area contributed by atoms with Crippen molar-refractivity contribution in [2.24, 2.45) is 0 Å². The SMILES string of the molecule is O=C(C=Cc1c(C(=O)[O-])[nH]c2cc(Cl)cc(Cl)c12)Nc1ccccc1.[Na+]. The van der Waals surface area contributed by atoms with Crippen molar-refractivity contribution < 1.29 is 44.3 Å². The van der Waals surface area contributed by atoms with Crippen molar-refractivity contribution in [3.63, 3.8) is 0 Å². The Labute approximate surface area is 181 Å². The second-order valence-corrected chi connectivity index (χ2v) is 6.04. The minimum Gasteiger partial charge on any atom is -0.543 e. The number of aromatic nitrogens is 1. The van der Waals surface area contributed by atoms with Crippen LogP contribution in [0.25, 0.3) is 17.0 Å². The summed E-state index contributed by atoms with van der Waals surface area (Å²) in [5.41, 5.74) is 1.14. The van der Waals surface area contributed by atoms with Gasteiger partial charge in [-0.05, 0) is 30.3 Å². The maximum Gasteiger partial charge on any atom is 1.00 e. The number of carbonyl (C=O) groups excluding carboxylic acids is 2. The molecule has 0 radical (unpaired) electrons. The second kappa shape index (κ2) is 8.75. The first-order valence-corrected chi connectivity index (χ1v) is 7.97. The molecule has 0 saturated heterocycles. The van der Waals surface area contributed by atoms with Crippen LogP contribution in [-0.2, 0) is 4.79 Å². The number of fused-ring (bicyclic) bond motifs is 1. The van der Waals surface area contributed by atoms with Gasteiger partial charge in [0.05, 0.1) is 16.7 Å². The number of carboxylic acid groups (broad SMARTS) is 1. The molecule has 1 aromatic heterocycles. The standard InChI is InChI=1S/C18H12Cl2N2O3.Na/c19-10-8-13(20)16-12(17(18(24)25)22-14(16)9-10)6-7-15(23)21-11-4-2-1-3-5-11;/h1-9,22H,(H,21,23)(H,24,25);/q;+1/p-1. The van der Waals surface area contributed by atoms with E-state index >= 15 is 0 Å².